The number of para-hydroxylation sites is 1. The summed E-state index contributed by atoms with van der Waals surface area (Å²) in [5, 5.41) is 4.17. The molecule has 0 aliphatic carbocycles. The van der Waals surface area contributed by atoms with Gasteiger partial charge in [-0.15, -0.1) is 12.4 Å². The molecule has 0 fully saturated rings. The molecule has 2 aromatic heterocycles. The van der Waals surface area contributed by atoms with Gasteiger partial charge < -0.3 is 5.32 Å². The maximum atomic E-state index is 4.55. The Kier molecular flexibility index (Phi) is 3.79. The first-order chi connectivity index (χ1) is 8.33. The van der Waals surface area contributed by atoms with E-state index in [1.807, 2.05) is 42.6 Å². The predicted molar refractivity (Wildman–Crippen MR) is 79.1 cm³/mol. The number of hydrogen-bond donors (Lipinski definition) is 1. The van der Waals surface area contributed by atoms with Crippen molar-refractivity contribution in [2.24, 2.45) is 0 Å². The average molecular weight is 278 g/mol. The largest absolute Gasteiger partial charge is 0.331 e. The molecule has 18 heavy (non-hydrogen) atoms. The number of anilines is 2. The van der Waals surface area contributed by atoms with Crippen LogP contribution in [0.4, 0.5) is 10.8 Å². The molecule has 3 rings (SSSR count). The smallest absolute Gasteiger partial charge is 0.189 e. The van der Waals surface area contributed by atoms with Crippen molar-refractivity contribution in [2.45, 2.75) is 6.92 Å². The van der Waals surface area contributed by atoms with Crippen molar-refractivity contribution >= 4 is 44.9 Å². The summed E-state index contributed by atoms with van der Waals surface area (Å²) in [4.78, 5) is 9.85. The number of pyridine rings is 1. The molecule has 5 heteroatoms. The van der Waals surface area contributed by atoms with Gasteiger partial charge in [-0.05, 0) is 30.7 Å². The van der Waals surface area contributed by atoms with E-state index in [4.69, 9.17) is 0 Å². The van der Waals surface area contributed by atoms with Crippen molar-refractivity contribution in [1.82, 2.24) is 9.97 Å². The molecule has 92 valence electrons. The highest BCUT2D eigenvalue weighted by Crippen LogP contribution is 2.28. The first kappa shape index (κ1) is 12.8. The van der Waals surface area contributed by atoms with Crippen molar-refractivity contribution < 1.29 is 0 Å². The second kappa shape index (κ2) is 5.33. The molecule has 0 amide bonds. The van der Waals surface area contributed by atoms with Gasteiger partial charge >= 0.3 is 0 Å². The fourth-order valence-corrected chi connectivity index (χ4v) is 2.56. The second-order valence-electron chi connectivity index (χ2n) is 3.79. The minimum Gasteiger partial charge on any atom is -0.331 e. The lowest BCUT2D eigenvalue weighted by atomic mass is 10.3. The van der Waals surface area contributed by atoms with Crippen LogP contribution < -0.4 is 5.32 Å². The number of nitrogens with zero attached hydrogens (tertiary/aromatic N) is 2. The van der Waals surface area contributed by atoms with Crippen LogP contribution in [0.15, 0.2) is 42.6 Å². The van der Waals surface area contributed by atoms with Gasteiger partial charge in [0.1, 0.15) is 10.3 Å². The Bertz CT molecular complexity index is 652. The van der Waals surface area contributed by atoms with Gasteiger partial charge in [0.15, 0.2) is 5.13 Å². The van der Waals surface area contributed by atoms with E-state index in [0.717, 1.165) is 26.7 Å². The highest BCUT2D eigenvalue weighted by molar-refractivity contribution is 7.21. The van der Waals surface area contributed by atoms with E-state index in [1.54, 1.807) is 11.3 Å². The molecule has 0 saturated carbocycles. The van der Waals surface area contributed by atoms with Gasteiger partial charge in [-0.3, -0.25) is 0 Å². The quantitative estimate of drug-likeness (QED) is 0.764. The molecular formula is C13H12ClN3S. The Balaban J connectivity index is 0.00000120. The lowest BCUT2D eigenvalue weighted by molar-refractivity contribution is 1.34. The van der Waals surface area contributed by atoms with E-state index < -0.39 is 0 Å². The molecule has 3 nitrogen and oxygen atoms in total. The van der Waals surface area contributed by atoms with Crippen LogP contribution in [0.5, 0.6) is 0 Å². The molecule has 0 aliphatic rings. The summed E-state index contributed by atoms with van der Waals surface area (Å²) < 4.78 is 0. The fourth-order valence-electron chi connectivity index (χ4n) is 1.65. The van der Waals surface area contributed by atoms with Crippen molar-refractivity contribution in [3.05, 3.63) is 48.2 Å². The number of hydrogen-bond acceptors (Lipinski definition) is 4. The van der Waals surface area contributed by atoms with E-state index in [9.17, 15) is 0 Å². The van der Waals surface area contributed by atoms with Gasteiger partial charge in [-0.25, -0.2) is 9.97 Å². The van der Waals surface area contributed by atoms with Crippen LogP contribution in [-0.2, 0) is 0 Å². The van der Waals surface area contributed by atoms with E-state index in [-0.39, 0.29) is 12.4 Å². The molecule has 3 aromatic rings. The Morgan fingerprint density at radius 1 is 1.11 bits per heavy atom. The first-order valence-electron chi connectivity index (χ1n) is 5.37. The van der Waals surface area contributed by atoms with Crippen LogP contribution in [0.25, 0.3) is 10.3 Å². The summed E-state index contributed by atoms with van der Waals surface area (Å²) in [6.07, 6.45) is 1.82. The lowest BCUT2D eigenvalue weighted by Crippen LogP contribution is -1.87. The van der Waals surface area contributed by atoms with Crippen molar-refractivity contribution in [3.63, 3.8) is 0 Å². The third kappa shape index (κ3) is 2.44. The monoisotopic (exact) mass is 277 g/mol. The third-order valence-corrected chi connectivity index (χ3v) is 3.40. The molecule has 0 atom stereocenters. The zero-order valence-electron chi connectivity index (χ0n) is 9.75. The summed E-state index contributed by atoms with van der Waals surface area (Å²) in [5.74, 6) is 0. The van der Waals surface area contributed by atoms with Crippen LogP contribution >= 0.6 is 23.7 Å². The molecule has 1 N–H and O–H groups in total. The first-order valence-corrected chi connectivity index (χ1v) is 6.19. The molecule has 2 heterocycles. The van der Waals surface area contributed by atoms with Gasteiger partial charge in [0.2, 0.25) is 0 Å². The third-order valence-electron chi connectivity index (χ3n) is 2.52. The number of thiazole rings is 1. The van der Waals surface area contributed by atoms with Crippen LogP contribution in [0.2, 0.25) is 0 Å². The number of fused-ring (bicyclic) bond motifs is 1. The van der Waals surface area contributed by atoms with Gasteiger partial charge in [0.25, 0.3) is 0 Å². The van der Waals surface area contributed by atoms with Crippen LogP contribution in [-0.4, -0.2) is 9.97 Å². The Morgan fingerprint density at radius 3 is 2.61 bits per heavy atom. The minimum absolute atomic E-state index is 0. The normalized spacial score (nSPS) is 10.1. The van der Waals surface area contributed by atoms with E-state index >= 15 is 0 Å². The van der Waals surface area contributed by atoms with Crippen LogP contribution in [0.1, 0.15) is 5.56 Å². The summed E-state index contributed by atoms with van der Waals surface area (Å²) in [6.45, 7) is 2.05. The number of aryl methyl sites for hydroxylation is 1. The Morgan fingerprint density at radius 2 is 1.89 bits per heavy atom. The van der Waals surface area contributed by atoms with E-state index in [2.05, 4.69) is 22.2 Å². The van der Waals surface area contributed by atoms with Gasteiger partial charge in [-0.1, -0.05) is 29.5 Å². The number of rotatable bonds is 2. The van der Waals surface area contributed by atoms with Crippen molar-refractivity contribution in [2.75, 3.05) is 5.32 Å². The van der Waals surface area contributed by atoms with Gasteiger partial charge in [0, 0.05) is 11.9 Å². The lowest BCUT2D eigenvalue weighted by Gasteiger charge is -1.99. The maximum absolute atomic E-state index is 4.55. The minimum atomic E-state index is 0. The van der Waals surface area contributed by atoms with E-state index in [0.29, 0.717) is 0 Å². The standard InChI is InChI=1S/C13H11N3S.ClH/c1-9-7-8-14-12-11(9)16-13(17-12)15-10-5-3-2-4-6-10;/h2-8H,1H3,(H,15,16);1H. The number of nitrogens with one attached hydrogen (secondary N) is 1. The molecule has 0 spiro atoms. The van der Waals surface area contributed by atoms with Crippen LogP contribution in [0.3, 0.4) is 0 Å². The molecule has 0 radical (unpaired) electrons. The topological polar surface area (TPSA) is 37.8 Å². The summed E-state index contributed by atoms with van der Waals surface area (Å²) in [6, 6.07) is 12.0. The number of aromatic nitrogens is 2. The fraction of sp³-hybridized carbons (Fsp3) is 0.0769. The zero-order chi connectivity index (χ0) is 11.7. The Hall–Kier alpha value is -1.65. The Labute approximate surface area is 115 Å². The van der Waals surface area contributed by atoms with Crippen molar-refractivity contribution in [1.29, 1.82) is 0 Å². The molecule has 0 saturated heterocycles. The van der Waals surface area contributed by atoms with Crippen molar-refractivity contribution in [3.8, 4) is 0 Å². The van der Waals surface area contributed by atoms with E-state index in [1.165, 1.54) is 0 Å². The molecule has 0 unspecified atom stereocenters. The average Bonchev–Trinajstić information content (AvgIpc) is 2.74. The molecule has 0 aliphatic heterocycles. The maximum Gasteiger partial charge on any atom is 0.189 e. The number of benzene rings is 1. The number of halogens is 1. The second-order valence-corrected chi connectivity index (χ2v) is 4.77. The summed E-state index contributed by atoms with van der Waals surface area (Å²) >= 11 is 1.57. The van der Waals surface area contributed by atoms with Gasteiger partial charge in [0.05, 0.1) is 0 Å². The molecular weight excluding hydrogens is 266 g/mol. The molecule has 1 aromatic carbocycles. The highest BCUT2D eigenvalue weighted by Gasteiger charge is 2.06. The molecule has 0 bridgehead atoms. The summed E-state index contributed by atoms with van der Waals surface area (Å²) in [5.41, 5.74) is 3.19. The predicted octanol–water partition coefficient (Wildman–Crippen LogP) is 4.17. The van der Waals surface area contributed by atoms with Gasteiger partial charge in [-0.2, -0.15) is 0 Å². The van der Waals surface area contributed by atoms with Crippen LogP contribution in [0, 0.1) is 6.92 Å². The highest BCUT2D eigenvalue weighted by atomic mass is 35.5. The SMILES string of the molecule is Cc1ccnc2sc(Nc3ccccc3)nc12.Cl. The summed E-state index contributed by atoms with van der Waals surface area (Å²) in [7, 11) is 0. The zero-order valence-corrected chi connectivity index (χ0v) is 11.4.